The van der Waals surface area contributed by atoms with Crippen molar-refractivity contribution < 1.29 is 9.59 Å². The third-order valence-corrected chi connectivity index (χ3v) is 5.24. The second-order valence-electron chi connectivity index (χ2n) is 7.10. The zero-order valence-electron chi connectivity index (χ0n) is 16.4. The molecule has 1 aliphatic heterocycles. The molecule has 8 nitrogen and oxygen atoms in total. The molecule has 2 amide bonds. The number of para-hydroxylation sites is 1. The summed E-state index contributed by atoms with van der Waals surface area (Å²) in [6, 6.07) is 9.74. The molecule has 1 saturated heterocycles. The van der Waals surface area contributed by atoms with Crippen LogP contribution in [0.2, 0.25) is 0 Å². The van der Waals surface area contributed by atoms with Gasteiger partial charge in [-0.15, -0.1) is 0 Å². The van der Waals surface area contributed by atoms with E-state index < -0.39 is 0 Å². The Morgan fingerprint density at radius 3 is 2.72 bits per heavy atom. The molecule has 0 saturated carbocycles. The van der Waals surface area contributed by atoms with Crippen LogP contribution in [0.5, 0.6) is 0 Å². The van der Waals surface area contributed by atoms with Crippen molar-refractivity contribution in [3.05, 3.63) is 54.0 Å². The highest BCUT2D eigenvalue weighted by atomic mass is 16.2. The number of amides is 2. The fourth-order valence-corrected chi connectivity index (χ4v) is 3.59. The molecule has 1 aromatic carbocycles. The van der Waals surface area contributed by atoms with E-state index in [1.54, 1.807) is 24.1 Å². The quantitative estimate of drug-likeness (QED) is 0.688. The number of aromatic amines is 1. The van der Waals surface area contributed by atoms with Gasteiger partial charge in [0.15, 0.2) is 0 Å². The van der Waals surface area contributed by atoms with E-state index in [-0.39, 0.29) is 11.8 Å². The highest BCUT2D eigenvalue weighted by Crippen LogP contribution is 2.17. The number of benzene rings is 1. The summed E-state index contributed by atoms with van der Waals surface area (Å²) in [5.41, 5.74) is 2.62. The summed E-state index contributed by atoms with van der Waals surface area (Å²) in [5, 5.41) is 4.12. The Labute approximate surface area is 168 Å². The van der Waals surface area contributed by atoms with E-state index in [0.717, 1.165) is 11.9 Å². The number of aromatic nitrogens is 3. The van der Waals surface area contributed by atoms with Crippen LogP contribution in [-0.2, 0) is 11.2 Å². The first kappa shape index (κ1) is 18.9. The van der Waals surface area contributed by atoms with Gasteiger partial charge in [0, 0.05) is 62.9 Å². The number of anilines is 1. The predicted octanol–water partition coefficient (Wildman–Crippen LogP) is 1.60. The van der Waals surface area contributed by atoms with E-state index in [2.05, 4.69) is 26.3 Å². The summed E-state index contributed by atoms with van der Waals surface area (Å²) in [4.78, 5) is 39.8. The van der Waals surface area contributed by atoms with Crippen LogP contribution >= 0.6 is 0 Å². The Kier molecular flexibility index (Phi) is 5.41. The molecule has 2 N–H and O–H groups in total. The van der Waals surface area contributed by atoms with Gasteiger partial charge in [-0.3, -0.25) is 9.59 Å². The average Bonchev–Trinajstić information content (AvgIpc) is 3.17. The van der Waals surface area contributed by atoms with Gasteiger partial charge >= 0.3 is 0 Å². The summed E-state index contributed by atoms with van der Waals surface area (Å²) in [5.74, 6) is 0.391. The van der Waals surface area contributed by atoms with Gasteiger partial charge in [0.2, 0.25) is 11.9 Å². The summed E-state index contributed by atoms with van der Waals surface area (Å²) >= 11 is 0. The number of H-pyrrole nitrogens is 1. The van der Waals surface area contributed by atoms with Crippen LogP contribution in [0.1, 0.15) is 23.0 Å². The summed E-state index contributed by atoms with van der Waals surface area (Å²) in [6.07, 6.45) is 4.33. The molecule has 1 fully saturated rings. The van der Waals surface area contributed by atoms with Crippen molar-refractivity contribution in [2.45, 2.75) is 13.3 Å². The van der Waals surface area contributed by atoms with E-state index in [1.165, 1.54) is 10.9 Å². The molecule has 150 valence electrons. The highest BCUT2D eigenvalue weighted by molar-refractivity contribution is 5.92. The van der Waals surface area contributed by atoms with Gasteiger partial charge < -0.3 is 20.1 Å². The number of nitrogens with one attached hydrogen (secondary N) is 2. The Morgan fingerprint density at radius 2 is 1.93 bits per heavy atom. The number of fused-ring (bicyclic) bond motifs is 1. The molecular weight excluding hydrogens is 368 g/mol. The Morgan fingerprint density at radius 1 is 1.14 bits per heavy atom. The predicted molar refractivity (Wildman–Crippen MR) is 111 cm³/mol. The Bertz CT molecular complexity index is 1020. The molecule has 2 aromatic heterocycles. The monoisotopic (exact) mass is 392 g/mol. The third-order valence-electron chi connectivity index (χ3n) is 5.24. The molecule has 0 spiro atoms. The molecular formula is C21H24N6O2. The molecule has 4 rings (SSSR count). The second-order valence-corrected chi connectivity index (χ2v) is 7.10. The summed E-state index contributed by atoms with van der Waals surface area (Å²) < 4.78 is 0. The summed E-state index contributed by atoms with van der Waals surface area (Å²) in [7, 11) is 0. The van der Waals surface area contributed by atoms with E-state index in [1.807, 2.05) is 29.3 Å². The fourth-order valence-electron chi connectivity index (χ4n) is 3.59. The first-order valence-corrected chi connectivity index (χ1v) is 9.78. The lowest BCUT2D eigenvalue weighted by atomic mass is 10.1. The van der Waals surface area contributed by atoms with Crippen molar-refractivity contribution >= 4 is 28.7 Å². The van der Waals surface area contributed by atoms with Crippen LogP contribution in [-0.4, -0.2) is 64.4 Å². The molecule has 1 aliphatic rings. The molecule has 8 heteroatoms. The maximum atomic E-state index is 12.5. The minimum absolute atomic E-state index is 0.0777. The van der Waals surface area contributed by atoms with Gasteiger partial charge in [0.25, 0.3) is 5.91 Å². The van der Waals surface area contributed by atoms with Crippen LogP contribution in [0.15, 0.2) is 42.7 Å². The summed E-state index contributed by atoms with van der Waals surface area (Å²) in [6.45, 7) is 4.70. The van der Waals surface area contributed by atoms with Gasteiger partial charge in [-0.1, -0.05) is 18.2 Å². The van der Waals surface area contributed by atoms with Gasteiger partial charge in [-0.25, -0.2) is 9.97 Å². The number of rotatable bonds is 5. The van der Waals surface area contributed by atoms with Crippen molar-refractivity contribution in [2.24, 2.45) is 0 Å². The van der Waals surface area contributed by atoms with Crippen LogP contribution in [0.4, 0.5) is 5.95 Å². The molecule has 3 aromatic rings. The van der Waals surface area contributed by atoms with Crippen LogP contribution in [0.25, 0.3) is 10.9 Å². The van der Waals surface area contributed by atoms with E-state index >= 15 is 0 Å². The number of carbonyl (C=O) groups is 2. The molecule has 3 heterocycles. The van der Waals surface area contributed by atoms with Crippen molar-refractivity contribution in [3.8, 4) is 0 Å². The lowest BCUT2D eigenvalue weighted by Crippen LogP contribution is -2.48. The maximum Gasteiger partial charge on any atom is 0.270 e. The standard InChI is InChI=1S/C21H24N6O2/c1-15(28)26-10-12-27(13-11-26)21-23-9-7-19(25-21)20(29)22-8-6-16-14-24-18-5-3-2-4-17(16)18/h2-5,7,9,14,24H,6,8,10-13H2,1H3,(H,22,29). The van der Waals surface area contributed by atoms with Gasteiger partial charge in [0.1, 0.15) is 5.69 Å². The minimum atomic E-state index is -0.212. The zero-order valence-corrected chi connectivity index (χ0v) is 16.4. The lowest BCUT2D eigenvalue weighted by molar-refractivity contribution is -0.129. The molecule has 0 bridgehead atoms. The topological polar surface area (TPSA) is 94.2 Å². The molecule has 29 heavy (non-hydrogen) atoms. The number of hydrogen-bond acceptors (Lipinski definition) is 5. The SMILES string of the molecule is CC(=O)N1CCN(c2nccc(C(=O)NCCc3c[nH]c4ccccc34)n2)CC1. The zero-order chi connectivity index (χ0) is 20.2. The molecule has 0 atom stereocenters. The van der Waals surface area contributed by atoms with E-state index in [4.69, 9.17) is 0 Å². The Hall–Kier alpha value is -3.42. The minimum Gasteiger partial charge on any atom is -0.361 e. The van der Waals surface area contributed by atoms with Crippen molar-refractivity contribution in [2.75, 3.05) is 37.6 Å². The maximum absolute atomic E-state index is 12.5. The van der Waals surface area contributed by atoms with Crippen molar-refractivity contribution in [1.29, 1.82) is 0 Å². The average molecular weight is 392 g/mol. The molecule has 0 unspecified atom stereocenters. The highest BCUT2D eigenvalue weighted by Gasteiger charge is 2.21. The first-order chi connectivity index (χ1) is 14.1. The number of piperazine rings is 1. The van der Waals surface area contributed by atoms with Crippen molar-refractivity contribution in [3.63, 3.8) is 0 Å². The molecule has 0 aliphatic carbocycles. The number of carbonyl (C=O) groups excluding carboxylic acids is 2. The largest absolute Gasteiger partial charge is 0.361 e. The lowest BCUT2D eigenvalue weighted by Gasteiger charge is -2.34. The van der Waals surface area contributed by atoms with Crippen molar-refractivity contribution in [1.82, 2.24) is 25.2 Å². The second kappa shape index (κ2) is 8.30. The fraction of sp³-hybridized carbons (Fsp3) is 0.333. The van der Waals surface area contributed by atoms with E-state index in [9.17, 15) is 9.59 Å². The number of nitrogens with zero attached hydrogens (tertiary/aromatic N) is 4. The molecule has 0 radical (unpaired) electrons. The van der Waals surface area contributed by atoms with Gasteiger partial charge in [-0.05, 0) is 24.1 Å². The first-order valence-electron chi connectivity index (χ1n) is 9.78. The van der Waals surface area contributed by atoms with Crippen LogP contribution in [0, 0.1) is 0 Å². The van der Waals surface area contributed by atoms with Gasteiger partial charge in [0.05, 0.1) is 0 Å². The smallest absolute Gasteiger partial charge is 0.270 e. The third kappa shape index (κ3) is 4.21. The number of hydrogen-bond donors (Lipinski definition) is 2. The van der Waals surface area contributed by atoms with E-state index in [0.29, 0.717) is 44.4 Å². The van der Waals surface area contributed by atoms with Gasteiger partial charge in [-0.2, -0.15) is 0 Å². The van der Waals surface area contributed by atoms with Crippen LogP contribution in [0.3, 0.4) is 0 Å². The normalized spacial score (nSPS) is 14.2. The van der Waals surface area contributed by atoms with Crippen LogP contribution < -0.4 is 10.2 Å². The Balaban J connectivity index is 1.34.